The van der Waals surface area contributed by atoms with Crippen LogP contribution >= 0.6 is 0 Å². The quantitative estimate of drug-likeness (QED) is 0.461. The number of nitrogens with one attached hydrogen (secondary N) is 2. The molecule has 6 nitrogen and oxygen atoms in total. The number of hydrogen-bond donors (Lipinski definition) is 2. The Morgan fingerprint density at radius 2 is 1.79 bits per heavy atom. The molecule has 0 aliphatic heterocycles. The van der Waals surface area contributed by atoms with Gasteiger partial charge in [0.15, 0.2) is 5.78 Å². The van der Waals surface area contributed by atoms with Gasteiger partial charge in [0.1, 0.15) is 12.5 Å². The summed E-state index contributed by atoms with van der Waals surface area (Å²) in [7, 11) is 1.18. The molecule has 0 saturated heterocycles. The average Bonchev–Trinajstić information content (AvgIpc) is 2.35. The van der Waals surface area contributed by atoms with Gasteiger partial charge in [-0.15, -0.1) is 0 Å². The Morgan fingerprint density at radius 1 is 1.21 bits per heavy atom. The van der Waals surface area contributed by atoms with Crippen LogP contribution in [0.15, 0.2) is 0 Å². The van der Waals surface area contributed by atoms with Gasteiger partial charge >= 0.3 is 5.97 Å². The molecule has 0 aromatic carbocycles. The number of rotatable bonds is 9. The summed E-state index contributed by atoms with van der Waals surface area (Å²) >= 11 is 0. The normalized spacial score (nSPS) is 14.0. The van der Waals surface area contributed by atoms with Crippen molar-refractivity contribution in [3.63, 3.8) is 0 Å². The van der Waals surface area contributed by atoms with Crippen molar-refractivity contribution in [1.82, 2.24) is 10.9 Å². The van der Waals surface area contributed by atoms with E-state index in [-0.39, 0.29) is 18.1 Å². The molecule has 110 valence electrons. The smallest absolute Gasteiger partial charge is 0.307 e. The number of carbonyl (C=O) groups is 3. The van der Waals surface area contributed by atoms with Gasteiger partial charge in [-0.2, -0.15) is 0 Å². The van der Waals surface area contributed by atoms with E-state index in [1.807, 2.05) is 13.8 Å². The predicted octanol–water partition coefficient (Wildman–Crippen LogP) is 0.165. The van der Waals surface area contributed by atoms with Crippen LogP contribution in [0.25, 0.3) is 0 Å². The number of ketones is 2. The fourth-order valence-corrected chi connectivity index (χ4v) is 1.52. The van der Waals surface area contributed by atoms with Gasteiger partial charge in [-0.1, -0.05) is 13.8 Å². The summed E-state index contributed by atoms with van der Waals surface area (Å²) in [5, 5.41) is 0. The van der Waals surface area contributed by atoms with Crippen molar-refractivity contribution in [3.8, 4) is 0 Å². The second kappa shape index (κ2) is 8.71. The fourth-order valence-electron chi connectivity index (χ4n) is 1.52. The summed E-state index contributed by atoms with van der Waals surface area (Å²) in [6.45, 7) is 3.87. The second-order valence-corrected chi connectivity index (χ2v) is 4.55. The maximum Gasteiger partial charge on any atom is 0.307 e. The van der Waals surface area contributed by atoms with Crippen molar-refractivity contribution in [2.24, 2.45) is 5.92 Å². The molecule has 0 bridgehead atoms. The molecule has 0 aromatic heterocycles. The van der Waals surface area contributed by atoms with E-state index in [1.54, 1.807) is 0 Å². The zero-order valence-corrected chi connectivity index (χ0v) is 11.7. The molecule has 0 heterocycles. The SMILES string of the molecule is COC(=O)CC(NN[C@H](C(C)=O)C(C)C)C(=O)CF. The molecular formula is C12H21FN2O4. The summed E-state index contributed by atoms with van der Waals surface area (Å²) in [5.41, 5.74) is 5.21. The Hall–Kier alpha value is -1.34. The Kier molecular flexibility index (Phi) is 8.09. The summed E-state index contributed by atoms with van der Waals surface area (Å²) in [5.74, 6) is -1.54. The number of halogens is 1. The third kappa shape index (κ3) is 6.40. The standard InChI is InChI=1S/C12H21FN2O4/c1-7(2)12(8(3)16)15-14-9(10(17)6-13)5-11(18)19-4/h7,9,12,14-15H,5-6H2,1-4H3/t9?,12-/m0/s1. The zero-order valence-electron chi connectivity index (χ0n) is 11.7. The van der Waals surface area contributed by atoms with Crippen LogP contribution in [0.3, 0.4) is 0 Å². The zero-order chi connectivity index (χ0) is 15.0. The van der Waals surface area contributed by atoms with Crippen LogP contribution in [0.4, 0.5) is 4.39 Å². The first-order valence-corrected chi connectivity index (χ1v) is 6.00. The second-order valence-electron chi connectivity index (χ2n) is 4.55. The van der Waals surface area contributed by atoms with Crippen molar-refractivity contribution < 1.29 is 23.5 Å². The summed E-state index contributed by atoms with van der Waals surface area (Å²) < 4.78 is 16.8. The number of Topliss-reactive ketones (excluding diaryl/α,β-unsaturated/α-hetero) is 2. The molecule has 0 aromatic rings. The van der Waals surface area contributed by atoms with Gasteiger partial charge in [0.2, 0.25) is 0 Å². The molecule has 0 spiro atoms. The molecule has 0 amide bonds. The van der Waals surface area contributed by atoms with Crippen LogP contribution in [0.1, 0.15) is 27.2 Å². The van der Waals surface area contributed by atoms with E-state index in [0.29, 0.717) is 0 Å². The van der Waals surface area contributed by atoms with E-state index >= 15 is 0 Å². The molecular weight excluding hydrogens is 255 g/mol. The lowest BCUT2D eigenvalue weighted by molar-refractivity contribution is -0.143. The van der Waals surface area contributed by atoms with Gasteiger partial charge in [-0.05, 0) is 12.8 Å². The van der Waals surface area contributed by atoms with Gasteiger partial charge in [-0.3, -0.25) is 14.4 Å². The molecule has 0 saturated carbocycles. The Bertz CT molecular complexity index is 334. The van der Waals surface area contributed by atoms with E-state index in [2.05, 4.69) is 15.6 Å². The molecule has 19 heavy (non-hydrogen) atoms. The Morgan fingerprint density at radius 3 is 2.16 bits per heavy atom. The summed E-state index contributed by atoms with van der Waals surface area (Å²) in [6, 6.07) is -1.58. The highest BCUT2D eigenvalue weighted by atomic mass is 19.1. The van der Waals surface area contributed by atoms with E-state index in [9.17, 15) is 18.8 Å². The minimum Gasteiger partial charge on any atom is -0.469 e. The van der Waals surface area contributed by atoms with Crippen LogP contribution in [-0.4, -0.2) is 43.4 Å². The monoisotopic (exact) mass is 276 g/mol. The first kappa shape index (κ1) is 17.7. The Balaban J connectivity index is 4.60. The number of esters is 1. The van der Waals surface area contributed by atoms with Crippen molar-refractivity contribution in [1.29, 1.82) is 0 Å². The molecule has 0 rings (SSSR count). The lowest BCUT2D eigenvalue weighted by Crippen LogP contribution is -2.54. The van der Waals surface area contributed by atoms with E-state index in [1.165, 1.54) is 14.0 Å². The number of methoxy groups -OCH3 is 1. The van der Waals surface area contributed by atoms with E-state index in [4.69, 9.17) is 0 Å². The molecule has 0 aliphatic rings. The number of ether oxygens (including phenoxy) is 1. The lowest BCUT2D eigenvalue weighted by atomic mass is 10.0. The molecule has 1 unspecified atom stereocenters. The van der Waals surface area contributed by atoms with Crippen molar-refractivity contribution in [2.45, 2.75) is 39.3 Å². The van der Waals surface area contributed by atoms with Crippen molar-refractivity contribution in [2.75, 3.05) is 13.8 Å². The molecule has 0 fully saturated rings. The highest BCUT2D eigenvalue weighted by Crippen LogP contribution is 2.03. The van der Waals surface area contributed by atoms with Gasteiger partial charge in [-0.25, -0.2) is 15.2 Å². The van der Waals surface area contributed by atoms with Gasteiger partial charge in [0.05, 0.1) is 25.6 Å². The van der Waals surface area contributed by atoms with Crippen LogP contribution in [0, 0.1) is 5.92 Å². The van der Waals surface area contributed by atoms with Gasteiger partial charge in [0, 0.05) is 0 Å². The minimum absolute atomic E-state index is 0.00995. The van der Waals surface area contributed by atoms with E-state index in [0.717, 1.165) is 0 Å². The van der Waals surface area contributed by atoms with Gasteiger partial charge < -0.3 is 4.74 Å². The number of alkyl halides is 1. The highest BCUT2D eigenvalue weighted by Gasteiger charge is 2.25. The van der Waals surface area contributed by atoms with Crippen molar-refractivity contribution in [3.05, 3.63) is 0 Å². The Labute approximate surface area is 112 Å². The number of carbonyl (C=O) groups excluding carboxylic acids is 3. The maximum absolute atomic E-state index is 12.4. The topological polar surface area (TPSA) is 84.5 Å². The van der Waals surface area contributed by atoms with Crippen LogP contribution in [0.5, 0.6) is 0 Å². The van der Waals surface area contributed by atoms with Crippen LogP contribution < -0.4 is 10.9 Å². The summed E-state index contributed by atoms with van der Waals surface area (Å²) in [4.78, 5) is 33.8. The molecule has 0 aliphatic carbocycles. The largest absolute Gasteiger partial charge is 0.469 e. The lowest BCUT2D eigenvalue weighted by Gasteiger charge is -2.23. The minimum atomic E-state index is -1.19. The van der Waals surface area contributed by atoms with Crippen molar-refractivity contribution >= 4 is 17.5 Å². The summed E-state index contributed by atoms with van der Waals surface area (Å²) in [6.07, 6.45) is -0.297. The first-order chi connectivity index (χ1) is 8.83. The highest BCUT2D eigenvalue weighted by molar-refractivity contribution is 5.89. The molecule has 7 heteroatoms. The van der Waals surface area contributed by atoms with Crippen LogP contribution in [0.2, 0.25) is 0 Å². The average molecular weight is 276 g/mol. The maximum atomic E-state index is 12.4. The van der Waals surface area contributed by atoms with Gasteiger partial charge in [0.25, 0.3) is 0 Å². The fraction of sp³-hybridized carbons (Fsp3) is 0.750. The predicted molar refractivity (Wildman–Crippen MR) is 67.0 cm³/mol. The molecule has 2 atom stereocenters. The van der Waals surface area contributed by atoms with Crippen LogP contribution in [-0.2, 0) is 19.1 Å². The third-order valence-electron chi connectivity index (χ3n) is 2.64. The van der Waals surface area contributed by atoms with E-state index < -0.39 is 30.5 Å². The first-order valence-electron chi connectivity index (χ1n) is 6.00. The third-order valence-corrected chi connectivity index (χ3v) is 2.64. The number of hydrazine groups is 1. The molecule has 2 N–H and O–H groups in total. The molecule has 0 radical (unpaired) electrons. The number of hydrogen-bond acceptors (Lipinski definition) is 6.